The van der Waals surface area contributed by atoms with Gasteiger partial charge in [-0.2, -0.15) is 0 Å². The summed E-state index contributed by atoms with van der Waals surface area (Å²) in [6.07, 6.45) is -7.71. The van der Waals surface area contributed by atoms with Crippen molar-refractivity contribution in [3.8, 4) is 11.5 Å². The van der Waals surface area contributed by atoms with E-state index in [1.807, 2.05) is 0 Å². The maximum Gasteiger partial charge on any atom is 0.189 e. The molecule has 0 aromatic heterocycles. The Morgan fingerprint density at radius 3 is 1.94 bits per heavy atom. The van der Waals surface area contributed by atoms with Crippen LogP contribution in [0.3, 0.4) is 0 Å². The Morgan fingerprint density at radius 1 is 0.857 bits per heavy atom. The minimum absolute atomic E-state index is 0.0737. The lowest BCUT2D eigenvalue weighted by Gasteiger charge is -2.42. The summed E-state index contributed by atoms with van der Waals surface area (Å²) in [4.78, 5) is 12.8. The number of ether oxygens (including phenoxy) is 2. The zero-order valence-electron chi connectivity index (χ0n) is 19.1. The number of Topliss-reactive ketones (excluding diaryl/α,β-unsaturated/α-hetero) is 1. The number of rotatable bonds is 11. The van der Waals surface area contributed by atoms with Gasteiger partial charge in [-0.1, -0.05) is 24.3 Å². The van der Waals surface area contributed by atoms with Crippen molar-refractivity contribution in [3.05, 3.63) is 59.7 Å². The van der Waals surface area contributed by atoms with E-state index < -0.39 is 49.5 Å². The molecule has 10 nitrogen and oxygen atoms in total. The number of aromatic hydroxyl groups is 2. The van der Waals surface area contributed by atoms with Crippen LogP contribution in [0.5, 0.6) is 11.5 Å². The number of carbonyl (C=O) groups is 1. The van der Waals surface area contributed by atoms with Crippen LogP contribution in [0.1, 0.15) is 30.4 Å². The van der Waals surface area contributed by atoms with Crippen molar-refractivity contribution in [2.24, 2.45) is 0 Å². The van der Waals surface area contributed by atoms with E-state index in [4.69, 9.17) is 9.47 Å². The molecule has 7 N–H and O–H groups in total. The molecule has 0 bridgehead atoms. The van der Waals surface area contributed by atoms with Crippen LogP contribution in [0.15, 0.2) is 48.5 Å². The number of carbonyl (C=O) groups excluding carboxylic acids is 1. The van der Waals surface area contributed by atoms with Crippen molar-refractivity contribution in [2.45, 2.75) is 68.6 Å². The van der Waals surface area contributed by atoms with E-state index in [2.05, 4.69) is 0 Å². The van der Waals surface area contributed by atoms with E-state index in [1.165, 1.54) is 24.3 Å². The van der Waals surface area contributed by atoms with Gasteiger partial charge in [0.15, 0.2) is 12.1 Å². The lowest BCUT2D eigenvalue weighted by molar-refractivity contribution is -0.362. The molecule has 5 unspecified atom stereocenters. The number of benzene rings is 2. The predicted octanol–water partition coefficient (Wildman–Crippen LogP) is 0.127. The van der Waals surface area contributed by atoms with Gasteiger partial charge in [-0.25, -0.2) is 0 Å². The van der Waals surface area contributed by atoms with Crippen LogP contribution in [0.4, 0.5) is 0 Å². The molecule has 3 rings (SSSR count). The number of phenolic OH excluding ortho intramolecular Hbond substituents is 2. The first-order valence-electron chi connectivity index (χ1n) is 11.4. The molecule has 1 fully saturated rings. The molecule has 0 amide bonds. The highest BCUT2D eigenvalue weighted by Gasteiger charge is 2.47. The number of hydrogen-bond acceptors (Lipinski definition) is 10. The molecule has 1 saturated heterocycles. The average molecular weight is 493 g/mol. The Morgan fingerprint density at radius 2 is 1.40 bits per heavy atom. The summed E-state index contributed by atoms with van der Waals surface area (Å²) in [6, 6.07) is 12.7. The van der Waals surface area contributed by atoms with Crippen LogP contribution in [-0.2, 0) is 27.1 Å². The molecule has 1 aliphatic heterocycles. The molecule has 1 heterocycles. The van der Waals surface area contributed by atoms with Crippen LogP contribution < -0.4 is 0 Å². The number of aryl methyl sites for hydroxylation is 2. The monoisotopic (exact) mass is 492 g/mol. The quantitative estimate of drug-likeness (QED) is 0.213. The maximum absolute atomic E-state index is 12.8. The summed E-state index contributed by atoms with van der Waals surface area (Å²) >= 11 is 0. The highest BCUT2D eigenvalue weighted by atomic mass is 16.8. The van der Waals surface area contributed by atoms with E-state index >= 15 is 0 Å². The van der Waals surface area contributed by atoms with Crippen LogP contribution >= 0.6 is 0 Å². The molecule has 35 heavy (non-hydrogen) atoms. The molecule has 6 atom stereocenters. The first kappa shape index (κ1) is 27.0. The fourth-order valence-electron chi connectivity index (χ4n) is 3.92. The van der Waals surface area contributed by atoms with Crippen LogP contribution in [-0.4, -0.2) is 84.6 Å². The fourth-order valence-corrected chi connectivity index (χ4v) is 3.92. The van der Waals surface area contributed by atoms with Crippen molar-refractivity contribution in [1.82, 2.24) is 0 Å². The fraction of sp³-hybridized carbons (Fsp3) is 0.480. The van der Waals surface area contributed by atoms with Gasteiger partial charge in [0.25, 0.3) is 0 Å². The second-order valence-electron chi connectivity index (χ2n) is 8.81. The second kappa shape index (κ2) is 11.9. The van der Waals surface area contributed by atoms with Gasteiger partial charge in [0.2, 0.25) is 0 Å². The lowest BCUT2D eigenvalue weighted by Crippen LogP contribution is -2.61. The normalized spacial score (nSPS) is 26.3. The van der Waals surface area contributed by atoms with Gasteiger partial charge in [-0.05, 0) is 48.2 Å². The Balaban J connectivity index is 1.71. The SMILES string of the molecule is O=C(CCc1ccc(O)cc1)C[C@](O)(CCc1ccc(O)cc1)OC1OC(CO)C(O)C(O)C1O. The molecule has 192 valence electrons. The molecule has 2 aromatic rings. The number of hydrogen-bond donors (Lipinski definition) is 7. The Labute approximate surface area is 202 Å². The van der Waals surface area contributed by atoms with E-state index in [0.717, 1.165) is 11.1 Å². The molecule has 1 aliphatic rings. The molecule has 10 heteroatoms. The lowest BCUT2D eigenvalue weighted by atomic mass is 9.96. The highest BCUT2D eigenvalue weighted by Crippen LogP contribution is 2.30. The average Bonchev–Trinajstić information content (AvgIpc) is 2.84. The molecule has 2 aromatic carbocycles. The molecular formula is C25H32O10. The van der Waals surface area contributed by atoms with Crippen molar-refractivity contribution < 1.29 is 50.0 Å². The smallest absolute Gasteiger partial charge is 0.189 e. The third kappa shape index (κ3) is 7.45. The highest BCUT2D eigenvalue weighted by molar-refractivity contribution is 5.79. The zero-order chi connectivity index (χ0) is 25.6. The summed E-state index contributed by atoms with van der Waals surface area (Å²) in [5.74, 6) is -2.25. The summed E-state index contributed by atoms with van der Waals surface area (Å²) < 4.78 is 11.0. The first-order chi connectivity index (χ1) is 16.6. The topological polar surface area (TPSA) is 177 Å². The van der Waals surface area contributed by atoms with Gasteiger partial charge in [-0.15, -0.1) is 0 Å². The van der Waals surface area contributed by atoms with Crippen molar-refractivity contribution in [2.75, 3.05) is 6.61 Å². The molecule has 0 aliphatic carbocycles. The summed E-state index contributed by atoms with van der Waals surface area (Å²) in [5, 5.41) is 69.9. The zero-order valence-corrected chi connectivity index (χ0v) is 19.1. The molecular weight excluding hydrogens is 460 g/mol. The molecule has 0 saturated carbocycles. The van der Waals surface area contributed by atoms with Gasteiger partial charge in [0.1, 0.15) is 41.7 Å². The molecule has 0 radical (unpaired) electrons. The summed E-state index contributed by atoms with van der Waals surface area (Å²) in [5.41, 5.74) is 1.56. The predicted molar refractivity (Wildman–Crippen MR) is 122 cm³/mol. The number of ketones is 1. The van der Waals surface area contributed by atoms with Gasteiger partial charge < -0.3 is 45.2 Å². The number of aliphatic hydroxyl groups is 5. The Bertz CT molecular complexity index is 946. The standard InChI is InChI=1S/C25H32O10/c26-14-20-21(30)22(31)23(32)24(34-20)35-25(33,12-11-16-3-8-18(28)9-4-16)13-19(29)10-5-15-1-6-17(27)7-2-15/h1-4,6-9,20-24,26-28,30-33H,5,10-14H2/t20?,21?,22?,23?,24?,25-/m0/s1. The van der Waals surface area contributed by atoms with Crippen molar-refractivity contribution in [1.29, 1.82) is 0 Å². The Kier molecular flexibility index (Phi) is 9.20. The van der Waals surface area contributed by atoms with Gasteiger partial charge in [0, 0.05) is 12.8 Å². The van der Waals surface area contributed by atoms with Gasteiger partial charge in [0.05, 0.1) is 13.0 Å². The Hall–Kier alpha value is -2.57. The second-order valence-corrected chi connectivity index (χ2v) is 8.81. The largest absolute Gasteiger partial charge is 0.508 e. The van der Waals surface area contributed by atoms with Crippen LogP contribution in [0.25, 0.3) is 0 Å². The summed E-state index contributed by atoms with van der Waals surface area (Å²) in [7, 11) is 0. The first-order valence-corrected chi connectivity index (χ1v) is 11.4. The number of aliphatic hydroxyl groups excluding tert-OH is 4. The van der Waals surface area contributed by atoms with E-state index in [-0.39, 0.29) is 36.5 Å². The van der Waals surface area contributed by atoms with Crippen LogP contribution in [0.2, 0.25) is 0 Å². The molecule has 0 spiro atoms. The summed E-state index contributed by atoms with van der Waals surface area (Å²) in [6.45, 7) is -0.664. The van der Waals surface area contributed by atoms with Gasteiger partial charge >= 0.3 is 0 Å². The number of phenols is 2. The van der Waals surface area contributed by atoms with Gasteiger partial charge in [-0.3, -0.25) is 4.79 Å². The van der Waals surface area contributed by atoms with E-state index in [9.17, 15) is 40.5 Å². The van der Waals surface area contributed by atoms with Crippen molar-refractivity contribution in [3.63, 3.8) is 0 Å². The van der Waals surface area contributed by atoms with Crippen LogP contribution in [0, 0.1) is 0 Å². The third-order valence-electron chi connectivity index (χ3n) is 6.03. The maximum atomic E-state index is 12.8. The third-order valence-corrected chi connectivity index (χ3v) is 6.03. The van der Waals surface area contributed by atoms with E-state index in [1.54, 1.807) is 24.3 Å². The minimum atomic E-state index is -2.10. The van der Waals surface area contributed by atoms with E-state index in [0.29, 0.717) is 6.42 Å². The van der Waals surface area contributed by atoms with Crippen molar-refractivity contribution >= 4 is 5.78 Å². The minimum Gasteiger partial charge on any atom is -0.508 e.